The van der Waals surface area contributed by atoms with Crippen molar-refractivity contribution >= 4 is 69.9 Å². The van der Waals surface area contributed by atoms with E-state index in [4.69, 9.17) is 95.9 Å². The Labute approximate surface area is 202 Å². The Balaban J connectivity index is 1.78. The molecule has 3 fully saturated rings. The molecule has 0 bridgehead atoms. The molecule has 0 aliphatic carbocycles. The Morgan fingerprint density at radius 3 is 2.23 bits per heavy atom. The van der Waals surface area contributed by atoms with E-state index in [0.717, 1.165) is 0 Å². The molecule has 10 nitrogen and oxygen atoms in total. The third-order valence-electron chi connectivity index (χ3n) is 4.40. The first kappa shape index (κ1) is 25.8. The van der Waals surface area contributed by atoms with Crippen molar-refractivity contribution in [3.05, 3.63) is 0 Å². The van der Waals surface area contributed by atoms with Gasteiger partial charge in [-0.15, -0.1) is 0 Å². The molecule has 3 aliphatic heterocycles. The Kier molecular flexibility index (Phi) is 8.47. The lowest BCUT2D eigenvalue weighted by atomic mass is 10.1. The van der Waals surface area contributed by atoms with Crippen molar-refractivity contribution in [3.63, 3.8) is 0 Å². The van der Waals surface area contributed by atoms with Gasteiger partial charge in [0.15, 0.2) is 29.4 Å². The van der Waals surface area contributed by atoms with Crippen LogP contribution in [0.15, 0.2) is 0 Å². The van der Waals surface area contributed by atoms with E-state index in [9.17, 15) is 9.59 Å². The highest BCUT2D eigenvalue weighted by Gasteiger charge is 2.60. The van der Waals surface area contributed by atoms with Gasteiger partial charge in [0.25, 0.3) is 0 Å². The highest BCUT2D eigenvalue weighted by Crippen LogP contribution is 2.44. The molecule has 0 spiro atoms. The standard InChI is InChI=1S/C16H19Cl5O10/c1-6(22)27-8(5-26-16(13(17)18)24-3-4-25-16)9-10(28-7(2)23)11-12(29-9)31-14(30-11)15(19,20)21/h8-14H,3-5H2,1-2H3/t8-,9+,10+,11-,12-,14+/m1/s1. The fraction of sp³-hybridized carbons (Fsp3) is 0.875. The van der Waals surface area contributed by atoms with E-state index in [-0.39, 0.29) is 19.8 Å². The molecule has 0 aromatic heterocycles. The summed E-state index contributed by atoms with van der Waals surface area (Å²) in [4.78, 5) is 22.2. The summed E-state index contributed by atoms with van der Waals surface area (Å²) < 4.78 is 42.0. The van der Waals surface area contributed by atoms with Gasteiger partial charge in [0.05, 0.1) is 19.8 Å². The van der Waals surface area contributed by atoms with Crippen LogP contribution in [-0.4, -0.2) is 83.4 Å². The number of ether oxygens (including phenoxy) is 8. The number of fused-ring (bicyclic) bond motifs is 1. The average molecular weight is 549 g/mol. The van der Waals surface area contributed by atoms with Crippen molar-refractivity contribution in [2.24, 2.45) is 0 Å². The van der Waals surface area contributed by atoms with Gasteiger partial charge >= 0.3 is 17.9 Å². The highest BCUT2D eigenvalue weighted by atomic mass is 35.6. The average Bonchev–Trinajstić information content (AvgIpc) is 3.34. The topological polar surface area (TPSA) is 108 Å². The number of esters is 2. The van der Waals surface area contributed by atoms with Gasteiger partial charge in [0.1, 0.15) is 6.10 Å². The van der Waals surface area contributed by atoms with Crippen LogP contribution >= 0.6 is 58.0 Å². The van der Waals surface area contributed by atoms with E-state index in [0.29, 0.717) is 0 Å². The van der Waals surface area contributed by atoms with Crippen LogP contribution in [0.4, 0.5) is 0 Å². The van der Waals surface area contributed by atoms with E-state index < -0.39 is 63.5 Å². The maximum absolute atomic E-state index is 11.7. The van der Waals surface area contributed by atoms with E-state index in [1.165, 1.54) is 13.8 Å². The van der Waals surface area contributed by atoms with Crippen molar-refractivity contribution < 1.29 is 47.5 Å². The smallest absolute Gasteiger partial charge is 0.315 e. The first-order valence-electron chi connectivity index (χ1n) is 9.00. The zero-order valence-electron chi connectivity index (χ0n) is 16.1. The summed E-state index contributed by atoms with van der Waals surface area (Å²) in [5.41, 5.74) is 0. The van der Waals surface area contributed by atoms with Gasteiger partial charge in [-0.1, -0.05) is 58.0 Å². The second kappa shape index (κ2) is 10.2. The van der Waals surface area contributed by atoms with Crippen molar-refractivity contribution in [2.75, 3.05) is 19.8 Å². The van der Waals surface area contributed by atoms with E-state index in [1.807, 2.05) is 0 Å². The van der Waals surface area contributed by atoms with Gasteiger partial charge in [0, 0.05) is 13.8 Å². The van der Waals surface area contributed by atoms with Crippen LogP contribution in [0.5, 0.6) is 0 Å². The molecule has 0 amide bonds. The highest BCUT2D eigenvalue weighted by molar-refractivity contribution is 6.67. The molecule has 3 saturated heterocycles. The SMILES string of the molecule is CC(=O)O[C@H]1[C@H]([C@@H](COC2(C(Cl)Cl)OCCO2)OC(C)=O)O[C@@H]2O[C@@H](C(Cl)(Cl)Cl)O[C@@H]21. The number of rotatable bonds is 7. The van der Waals surface area contributed by atoms with E-state index >= 15 is 0 Å². The lowest BCUT2D eigenvalue weighted by Crippen LogP contribution is -2.49. The minimum atomic E-state index is -1.92. The molecular weight excluding hydrogens is 529 g/mol. The number of carbonyl (C=O) groups is 2. The quantitative estimate of drug-likeness (QED) is 0.347. The molecule has 0 aromatic carbocycles. The van der Waals surface area contributed by atoms with Crippen LogP contribution in [0.2, 0.25) is 0 Å². The predicted molar refractivity (Wildman–Crippen MR) is 106 cm³/mol. The van der Waals surface area contributed by atoms with E-state index in [2.05, 4.69) is 0 Å². The largest absolute Gasteiger partial charge is 0.457 e. The molecular formula is C16H19Cl5O10. The maximum atomic E-state index is 11.7. The lowest BCUT2D eigenvalue weighted by Gasteiger charge is -2.33. The van der Waals surface area contributed by atoms with Crippen LogP contribution < -0.4 is 0 Å². The van der Waals surface area contributed by atoms with Crippen molar-refractivity contribution in [3.8, 4) is 0 Å². The summed E-state index contributed by atoms with van der Waals surface area (Å²) in [7, 11) is 0. The molecule has 0 radical (unpaired) electrons. The van der Waals surface area contributed by atoms with E-state index in [1.54, 1.807) is 0 Å². The lowest BCUT2D eigenvalue weighted by molar-refractivity contribution is -0.332. The predicted octanol–water partition coefficient (Wildman–Crippen LogP) is 2.21. The zero-order valence-corrected chi connectivity index (χ0v) is 19.9. The summed E-state index contributed by atoms with van der Waals surface area (Å²) in [6.45, 7) is 2.40. The first-order chi connectivity index (χ1) is 14.4. The third-order valence-corrected chi connectivity index (χ3v) is 5.47. The monoisotopic (exact) mass is 546 g/mol. The van der Waals surface area contributed by atoms with Gasteiger partial charge in [-0.25, -0.2) is 0 Å². The normalized spacial score (nSPS) is 33.4. The minimum Gasteiger partial charge on any atom is -0.457 e. The Bertz CT molecular complexity index is 668. The van der Waals surface area contributed by atoms with Crippen LogP contribution in [0.1, 0.15) is 13.8 Å². The van der Waals surface area contributed by atoms with Crippen LogP contribution in [-0.2, 0) is 47.5 Å². The molecule has 3 rings (SSSR count). The van der Waals surface area contributed by atoms with Gasteiger partial charge in [-0.3, -0.25) is 9.59 Å². The van der Waals surface area contributed by atoms with Crippen LogP contribution in [0, 0.1) is 0 Å². The Morgan fingerprint density at radius 2 is 1.71 bits per heavy atom. The minimum absolute atomic E-state index is 0.189. The summed E-state index contributed by atoms with van der Waals surface area (Å²) in [5.74, 6) is -3.07. The second-order valence-corrected chi connectivity index (χ2v) is 10.2. The Hall–Kier alpha value is 0.150. The summed E-state index contributed by atoms with van der Waals surface area (Å²) in [6.07, 6.45) is -6.59. The van der Waals surface area contributed by atoms with Crippen molar-refractivity contribution in [1.82, 2.24) is 0 Å². The number of hydrogen-bond donors (Lipinski definition) is 0. The van der Waals surface area contributed by atoms with Crippen molar-refractivity contribution in [2.45, 2.75) is 65.4 Å². The molecule has 6 atom stereocenters. The van der Waals surface area contributed by atoms with Gasteiger partial charge in [-0.05, 0) is 0 Å². The number of carbonyl (C=O) groups excluding carboxylic acids is 2. The van der Waals surface area contributed by atoms with Gasteiger partial charge < -0.3 is 37.9 Å². The molecule has 0 aromatic rings. The van der Waals surface area contributed by atoms with Gasteiger partial charge in [0.2, 0.25) is 10.1 Å². The number of alkyl halides is 5. The summed E-state index contributed by atoms with van der Waals surface area (Å²) in [6, 6.07) is 0. The summed E-state index contributed by atoms with van der Waals surface area (Å²) >= 11 is 29.3. The summed E-state index contributed by atoms with van der Waals surface area (Å²) in [5, 5.41) is 0. The number of halogens is 5. The fourth-order valence-electron chi connectivity index (χ4n) is 3.27. The molecule has 3 aliphatic rings. The zero-order chi connectivity index (χ0) is 23.0. The van der Waals surface area contributed by atoms with Crippen LogP contribution in [0.3, 0.4) is 0 Å². The molecule has 3 heterocycles. The molecule has 0 saturated carbocycles. The third kappa shape index (κ3) is 5.99. The van der Waals surface area contributed by atoms with Gasteiger partial charge in [-0.2, -0.15) is 0 Å². The molecule has 31 heavy (non-hydrogen) atoms. The van der Waals surface area contributed by atoms with Crippen molar-refractivity contribution in [1.29, 1.82) is 0 Å². The maximum Gasteiger partial charge on any atom is 0.315 e. The second-order valence-electron chi connectivity index (χ2n) is 6.71. The molecule has 0 N–H and O–H groups in total. The Morgan fingerprint density at radius 1 is 1.06 bits per heavy atom. The number of hydrogen-bond acceptors (Lipinski definition) is 10. The van der Waals surface area contributed by atoms with Crippen LogP contribution in [0.25, 0.3) is 0 Å². The molecule has 0 unspecified atom stereocenters. The fourth-order valence-corrected chi connectivity index (χ4v) is 3.95. The molecule has 178 valence electrons. The first-order valence-corrected chi connectivity index (χ1v) is 11.0. The molecule has 15 heteroatoms.